The Kier molecular flexibility index (Phi) is 6.76. The highest BCUT2D eigenvalue weighted by molar-refractivity contribution is 7.99. The van der Waals surface area contributed by atoms with Gasteiger partial charge in [0, 0.05) is 24.5 Å². The van der Waals surface area contributed by atoms with Crippen LogP contribution in [-0.2, 0) is 14.4 Å². The van der Waals surface area contributed by atoms with Crippen molar-refractivity contribution in [1.29, 1.82) is 0 Å². The minimum Gasteiger partial charge on any atom is -0.298 e. The average molecular weight is 284 g/mol. The van der Waals surface area contributed by atoms with E-state index in [2.05, 4.69) is 13.8 Å². The fourth-order valence-corrected chi connectivity index (χ4v) is 3.77. The first-order chi connectivity index (χ1) is 8.99. The van der Waals surface area contributed by atoms with Crippen LogP contribution in [0.1, 0.15) is 52.9 Å². The van der Waals surface area contributed by atoms with Gasteiger partial charge in [-0.2, -0.15) is 11.8 Å². The SMILES string of the molecule is CCCC(=O)C1C(=O)CC(CC(C)SCC)CC1=O. The smallest absolute Gasteiger partial charge is 0.151 e. The lowest BCUT2D eigenvalue weighted by atomic mass is 9.76. The van der Waals surface area contributed by atoms with Gasteiger partial charge in [-0.15, -0.1) is 0 Å². The van der Waals surface area contributed by atoms with E-state index in [9.17, 15) is 14.4 Å². The van der Waals surface area contributed by atoms with Crippen LogP contribution in [0.2, 0.25) is 0 Å². The van der Waals surface area contributed by atoms with E-state index in [1.165, 1.54) is 0 Å². The molecule has 0 radical (unpaired) electrons. The van der Waals surface area contributed by atoms with E-state index in [1.54, 1.807) is 0 Å². The second kappa shape index (κ2) is 7.83. The first-order valence-corrected chi connectivity index (χ1v) is 8.24. The quantitative estimate of drug-likeness (QED) is 0.674. The third kappa shape index (κ3) is 4.75. The Hall–Kier alpha value is -0.640. The van der Waals surface area contributed by atoms with Crippen LogP contribution in [0.15, 0.2) is 0 Å². The Bertz CT molecular complexity index is 333. The van der Waals surface area contributed by atoms with Crippen LogP contribution in [0.4, 0.5) is 0 Å². The molecule has 1 aliphatic rings. The molecule has 1 aliphatic carbocycles. The maximum atomic E-state index is 12.0. The Labute approximate surface area is 119 Å². The normalized spacial score (nSPS) is 25.4. The zero-order valence-electron chi connectivity index (χ0n) is 12.1. The number of carbonyl (C=O) groups is 3. The lowest BCUT2D eigenvalue weighted by molar-refractivity contribution is -0.143. The molecule has 0 spiro atoms. The van der Waals surface area contributed by atoms with Gasteiger partial charge in [0.15, 0.2) is 17.3 Å². The van der Waals surface area contributed by atoms with Gasteiger partial charge in [-0.1, -0.05) is 20.8 Å². The standard InChI is InChI=1S/C15H24O3S/c1-4-6-12(16)15-13(17)8-11(9-14(15)18)7-10(3)19-5-2/h10-11,15H,4-9H2,1-3H3. The minimum atomic E-state index is -0.940. The molecule has 4 heteroatoms. The van der Waals surface area contributed by atoms with E-state index in [1.807, 2.05) is 18.7 Å². The third-order valence-corrected chi connectivity index (χ3v) is 4.65. The second-order valence-electron chi connectivity index (χ2n) is 5.36. The van der Waals surface area contributed by atoms with Crippen LogP contribution in [0.25, 0.3) is 0 Å². The molecule has 0 heterocycles. The molecular formula is C15H24O3S. The van der Waals surface area contributed by atoms with Gasteiger partial charge in [-0.3, -0.25) is 14.4 Å². The molecule has 1 rings (SSSR count). The molecule has 0 saturated heterocycles. The van der Waals surface area contributed by atoms with Gasteiger partial charge in [-0.25, -0.2) is 0 Å². The number of rotatable bonds is 7. The van der Waals surface area contributed by atoms with Crippen molar-refractivity contribution in [2.45, 2.75) is 58.1 Å². The molecule has 0 aliphatic heterocycles. The molecule has 0 aromatic rings. The molecular weight excluding hydrogens is 260 g/mol. The number of carbonyl (C=O) groups excluding carboxylic acids is 3. The predicted molar refractivity (Wildman–Crippen MR) is 78.4 cm³/mol. The molecule has 0 bridgehead atoms. The van der Waals surface area contributed by atoms with Crippen molar-refractivity contribution in [3.63, 3.8) is 0 Å². The Morgan fingerprint density at radius 1 is 1.26 bits per heavy atom. The molecule has 0 N–H and O–H groups in total. The van der Waals surface area contributed by atoms with Gasteiger partial charge in [-0.05, 0) is 24.5 Å². The maximum absolute atomic E-state index is 12.0. The Morgan fingerprint density at radius 2 is 1.84 bits per heavy atom. The molecule has 1 saturated carbocycles. The largest absolute Gasteiger partial charge is 0.298 e. The van der Waals surface area contributed by atoms with Crippen molar-refractivity contribution in [3.05, 3.63) is 0 Å². The summed E-state index contributed by atoms with van der Waals surface area (Å²) in [5, 5.41) is 0.471. The summed E-state index contributed by atoms with van der Waals surface area (Å²) >= 11 is 1.85. The molecule has 1 atom stereocenters. The number of Topliss-reactive ketones (excluding diaryl/α,β-unsaturated/α-hetero) is 3. The van der Waals surface area contributed by atoms with Gasteiger partial charge in [0.2, 0.25) is 0 Å². The first-order valence-electron chi connectivity index (χ1n) is 7.19. The summed E-state index contributed by atoms with van der Waals surface area (Å²) in [6, 6.07) is 0. The van der Waals surface area contributed by atoms with Crippen LogP contribution in [0.3, 0.4) is 0 Å². The predicted octanol–water partition coefficient (Wildman–Crippen LogP) is 3.05. The van der Waals surface area contributed by atoms with Crippen molar-refractivity contribution >= 4 is 29.1 Å². The monoisotopic (exact) mass is 284 g/mol. The molecule has 1 unspecified atom stereocenters. The Balaban J connectivity index is 2.58. The van der Waals surface area contributed by atoms with Crippen molar-refractivity contribution in [2.24, 2.45) is 11.8 Å². The Morgan fingerprint density at radius 3 is 2.32 bits per heavy atom. The molecule has 108 valence electrons. The molecule has 1 fully saturated rings. The van der Waals surface area contributed by atoms with E-state index < -0.39 is 5.92 Å². The van der Waals surface area contributed by atoms with E-state index in [4.69, 9.17) is 0 Å². The van der Waals surface area contributed by atoms with E-state index >= 15 is 0 Å². The highest BCUT2D eigenvalue weighted by Gasteiger charge is 2.39. The van der Waals surface area contributed by atoms with Crippen molar-refractivity contribution in [1.82, 2.24) is 0 Å². The fourth-order valence-electron chi connectivity index (χ4n) is 2.79. The van der Waals surface area contributed by atoms with Gasteiger partial charge < -0.3 is 0 Å². The molecule has 0 amide bonds. The summed E-state index contributed by atoms with van der Waals surface area (Å²) in [6.07, 6.45) is 2.74. The van der Waals surface area contributed by atoms with Crippen molar-refractivity contribution in [2.75, 3.05) is 5.75 Å². The summed E-state index contributed by atoms with van der Waals surface area (Å²) in [5.74, 6) is -0.216. The summed E-state index contributed by atoms with van der Waals surface area (Å²) in [4.78, 5) is 35.8. The summed E-state index contributed by atoms with van der Waals surface area (Å²) in [6.45, 7) is 6.14. The van der Waals surface area contributed by atoms with Gasteiger partial charge >= 0.3 is 0 Å². The summed E-state index contributed by atoms with van der Waals surface area (Å²) in [5.41, 5.74) is 0. The van der Waals surface area contributed by atoms with Crippen LogP contribution < -0.4 is 0 Å². The van der Waals surface area contributed by atoms with Crippen LogP contribution in [-0.4, -0.2) is 28.4 Å². The van der Waals surface area contributed by atoms with E-state index in [0.717, 1.165) is 12.2 Å². The van der Waals surface area contributed by atoms with Crippen LogP contribution in [0.5, 0.6) is 0 Å². The highest BCUT2D eigenvalue weighted by atomic mass is 32.2. The first kappa shape index (κ1) is 16.4. The van der Waals surface area contributed by atoms with Crippen molar-refractivity contribution < 1.29 is 14.4 Å². The summed E-state index contributed by atoms with van der Waals surface area (Å²) in [7, 11) is 0. The minimum absolute atomic E-state index is 0.139. The second-order valence-corrected chi connectivity index (χ2v) is 7.07. The number of ketones is 3. The maximum Gasteiger partial charge on any atom is 0.151 e. The highest BCUT2D eigenvalue weighted by Crippen LogP contribution is 2.30. The summed E-state index contributed by atoms with van der Waals surface area (Å²) < 4.78 is 0. The van der Waals surface area contributed by atoms with Crippen LogP contribution in [0, 0.1) is 11.8 Å². The number of thioether (sulfide) groups is 1. The number of hydrogen-bond donors (Lipinski definition) is 0. The lowest BCUT2D eigenvalue weighted by Gasteiger charge is -2.27. The molecule has 19 heavy (non-hydrogen) atoms. The lowest BCUT2D eigenvalue weighted by Crippen LogP contribution is -2.39. The van der Waals surface area contributed by atoms with E-state index in [0.29, 0.717) is 30.9 Å². The van der Waals surface area contributed by atoms with Gasteiger partial charge in [0.1, 0.15) is 5.92 Å². The fraction of sp³-hybridized carbons (Fsp3) is 0.800. The topological polar surface area (TPSA) is 51.2 Å². The third-order valence-electron chi connectivity index (χ3n) is 3.56. The van der Waals surface area contributed by atoms with Gasteiger partial charge in [0.25, 0.3) is 0 Å². The molecule has 0 aromatic heterocycles. The van der Waals surface area contributed by atoms with E-state index in [-0.39, 0.29) is 23.3 Å². The molecule has 0 aromatic carbocycles. The number of hydrogen-bond acceptors (Lipinski definition) is 4. The average Bonchev–Trinajstić information content (AvgIpc) is 2.28. The zero-order chi connectivity index (χ0) is 14.4. The van der Waals surface area contributed by atoms with Crippen molar-refractivity contribution in [3.8, 4) is 0 Å². The molecule has 3 nitrogen and oxygen atoms in total. The van der Waals surface area contributed by atoms with Gasteiger partial charge in [0.05, 0.1) is 0 Å². The zero-order valence-corrected chi connectivity index (χ0v) is 12.9. The van der Waals surface area contributed by atoms with Crippen LogP contribution >= 0.6 is 11.8 Å².